The van der Waals surface area contributed by atoms with E-state index in [-0.39, 0.29) is 11.9 Å². The summed E-state index contributed by atoms with van der Waals surface area (Å²) < 4.78 is 17.7. The van der Waals surface area contributed by atoms with Crippen LogP contribution in [0.4, 0.5) is 0 Å². The maximum absolute atomic E-state index is 6.41. The van der Waals surface area contributed by atoms with Crippen LogP contribution < -0.4 is 0 Å². The second-order valence-corrected chi connectivity index (χ2v) is 9.41. The number of ether oxygens (including phenoxy) is 3. The van der Waals surface area contributed by atoms with Crippen LogP contribution in [0.15, 0.2) is 0 Å². The molecule has 0 bridgehead atoms. The zero-order chi connectivity index (χ0) is 18.5. The lowest BCUT2D eigenvalue weighted by Crippen LogP contribution is -2.40. The highest BCUT2D eigenvalue weighted by molar-refractivity contribution is 4.90. The predicted molar refractivity (Wildman–Crippen MR) is 103 cm³/mol. The number of hydrogen-bond acceptors (Lipinski definition) is 4. The lowest BCUT2D eigenvalue weighted by atomic mass is 9.66. The lowest BCUT2D eigenvalue weighted by molar-refractivity contribution is -0.198. The smallest absolute Gasteiger partial charge is 0.168 e. The van der Waals surface area contributed by atoms with Crippen molar-refractivity contribution in [3.05, 3.63) is 0 Å². The van der Waals surface area contributed by atoms with Crippen molar-refractivity contribution >= 4 is 0 Å². The van der Waals surface area contributed by atoms with E-state index in [0.717, 1.165) is 57.4 Å². The van der Waals surface area contributed by atoms with E-state index in [1.165, 1.54) is 19.3 Å². The van der Waals surface area contributed by atoms with Gasteiger partial charge >= 0.3 is 0 Å². The Labute approximate surface area is 155 Å². The molecule has 1 atom stereocenters. The van der Waals surface area contributed by atoms with Crippen molar-refractivity contribution in [1.29, 1.82) is 0 Å². The summed E-state index contributed by atoms with van der Waals surface area (Å²) in [5, 5.41) is 0. The van der Waals surface area contributed by atoms with Crippen LogP contribution in [-0.4, -0.2) is 57.3 Å². The first-order valence-electron chi connectivity index (χ1n) is 10.3. The summed E-state index contributed by atoms with van der Waals surface area (Å²) in [5.41, 5.74) is 0.428. The van der Waals surface area contributed by atoms with Crippen LogP contribution in [0, 0.1) is 17.3 Å². The summed E-state index contributed by atoms with van der Waals surface area (Å²) in [6.07, 6.45) is 7.21. The molecule has 1 saturated heterocycles. The largest absolute Gasteiger partial charge is 0.383 e. The molecule has 1 aliphatic carbocycles. The maximum atomic E-state index is 6.41. The molecule has 1 aliphatic heterocycles. The molecule has 0 aromatic carbocycles. The first-order chi connectivity index (χ1) is 11.8. The Morgan fingerprint density at radius 3 is 2.48 bits per heavy atom. The molecule has 0 aromatic heterocycles. The molecule has 0 amide bonds. The van der Waals surface area contributed by atoms with Crippen molar-refractivity contribution in [2.24, 2.45) is 17.3 Å². The van der Waals surface area contributed by atoms with E-state index >= 15 is 0 Å². The van der Waals surface area contributed by atoms with Gasteiger partial charge in [0.25, 0.3) is 0 Å². The van der Waals surface area contributed by atoms with Crippen LogP contribution in [0.3, 0.4) is 0 Å². The Morgan fingerprint density at radius 1 is 1.20 bits per heavy atom. The monoisotopic (exact) mass is 355 g/mol. The standard InChI is InChI=1S/C21H41NO3/c1-17(2)15-20(3,4)18-7-10-21(11-8-18)24-16-19(25-21)9-12-22(5)13-14-23-6/h17-19H,7-16H2,1-6H3. The van der Waals surface area contributed by atoms with Crippen LogP contribution in [-0.2, 0) is 14.2 Å². The number of hydrogen-bond donors (Lipinski definition) is 0. The van der Waals surface area contributed by atoms with Gasteiger partial charge in [-0.2, -0.15) is 0 Å². The molecule has 1 spiro atoms. The van der Waals surface area contributed by atoms with Gasteiger partial charge in [0, 0.05) is 33.0 Å². The van der Waals surface area contributed by atoms with Gasteiger partial charge in [-0.05, 0) is 50.0 Å². The minimum absolute atomic E-state index is 0.255. The van der Waals surface area contributed by atoms with Gasteiger partial charge in [-0.1, -0.05) is 27.7 Å². The van der Waals surface area contributed by atoms with Crippen molar-refractivity contribution in [2.75, 3.05) is 40.5 Å². The van der Waals surface area contributed by atoms with E-state index in [1.54, 1.807) is 7.11 Å². The highest BCUT2D eigenvalue weighted by Gasteiger charge is 2.46. The molecule has 1 saturated carbocycles. The summed E-state index contributed by atoms with van der Waals surface area (Å²) >= 11 is 0. The van der Waals surface area contributed by atoms with Crippen molar-refractivity contribution in [3.63, 3.8) is 0 Å². The van der Waals surface area contributed by atoms with Crippen molar-refractivity contribution in [1.82, 2.24) is 4.90 Å². The van der Waals surface area contributed by atoms with Crippen molar-refractivity contribution in [2.45, 2.75) is 78.1 Å². The van der Waals surface area contributed by atoms with Crippen molar-refractivity contribution in [3.8, 4) is 0 Å². The second kappa shape index (κ2) is 9.16. The number of rotatable bonds is 9. The van der Waals surface area contributed by atoms with Gasteiger partial charge in [-0.25, -0.2) is 0 Å². The van der Waals surface area contributed by atoms with Gasteiger partial charge < -0.3 is 19.1 Å². The molecule has 2 aliphatic rings. The number of nitrogens with zero attached hydrogens (tertiary/aromatic N) is 1. The van der Waals surface area contributed by atoms with Gasteiger partial charge in [0.2, 0.25) is 0 Å². The van der Waals surface area contributed by atoms with Crippen LogP contribution in [0.2, 0.25) is 0 Å². The van der Waals surface area contributed by atoms with E-state index in [4.69, 9.17) is 14.2 Å². The second-order valence-electron chi connectivity index (χ2n) is 9.41. The van der Waals surface area contributed by atoms with E-state index in [1.807, 2.05) is 0 Å². The number of methoxy groups -OCH3 is 1. The summed E-state index contributed by atoms with van der Waals surface area (Å²) in [6, 6.07) is 0. The molecule has 4 nitrogen and oxygen atoms in total. The third-order valence-corrected chi connectivity index (χ3v) is 6.21. The molecular weight excluding hydrogens is 314 g/mol. The highest BCUT2D eigenvalue weighted by Crippen LogP contribution is 2.48. The normalized spacial score (nSPS) is 30.7. The fraction of sp³-hybridized carbons (Fsp3) is 1.00. The van der Waals surface area contributed by atoms with E-state index in [2.05, 4.69) is 39.6 Å². The van der Waals surface area contributed by atoms with E-state index in [9.17, 15) is 0 Å². The van der Waals surface area contributed by atoms with Gasteiger partial charge in [0.1, 0.15) is 0 Å². The zero-order valence-corrected chi connectivity index (χ0v) is 17.5. The van der Waals surface area contributed by atoms with Crippen LogP contribution in [0.25, 0.3) is 0 Å². The molecule has 0 N–H and O–H groups in total. The predicted octanol–water partition coefficient (Wildman–Crippen LogP) is 4.33. The van der Waals surface area contributed by atoms with Crippen molar-refractivity contribution < 1.29 is 14.2 Å². The molecular formula is C21H41NO3. The third kappa shape index (κ3) is 6.20. The Balaban J connectivity index is 1.75. The first-order valence-corrected chi connectivity index (χ1v) is 10.3. The molecule has 148 valence electrons. The summed E-state index contributed by atoms with van der Waals surface area (Å²) in [7, 11) is 3.90. The van der Waals surface area contributed by atoms with Crippen LogP contribution >= 0.6 is 0 Å². The minimum atomic E-state index is -0.278. The molecule has 2 fully saturated rings. The quantitative estimate of drug-likeness (QED) is 0.616. The van der Waals surface area contributed by atoms with Crippen LogP contribution in [0.1, 0.15) is 66.2 Å². The molecule has 0 radical (unpaired) electrons. The van der Waals surface area contributed by atoms with Gasteiger partial charge in [0.15, 0.2) is 5.79 Å². The molecule has 0 aromatic rings. The average Bonchev–Trinajstić information content (AvgIpc) is 2.93. The minimum Gasteiger partial charge on any atom is -0.383 e. The number of likely N-dealkylation sites (N-methyl/N-ethyl adjacent to an activating group) is 1. The highest BCUT2D eigenvalue weighted by atomic mass is 16.7. The van der Waals surface area contributed by atoms with Gasteiger partial charge in [-0.15, -0.1) is 0 Å². The fourth-order valence-corrected chi connectivity index (χ4v) is 4.80. The summed E-state index contributed by atoms with van der Waals surface area (Å²) in [6.45, 7) is 13.1. The zero-order valence-electron chi connectivity index (χ0n) is 17.5. The molecule has 4 heteroatoms. The molecule has 1 unspecified atom stereocenters. The average molecular weight is 356 g/mol. The Morgan fingerprint density at radius 2 is 1.88 bits per heavy atom. The summed E-state index contributed by atoms with van der Waals surface area (Å²) in [5.74, 6) is 1.29. The third-order valence-electron chi connectivity index (χ3n) is 6.21. The first kappa shape index (κ1) is 21.1. The molecule has 1 heterocycles. The maximum Gasteiger partial charge on any atom is 0.168 e. The Hall–Kier alpha value is -0.160. The van der Waals surface area contributed by atoms with Gasteiger partial charge in [-0.3, -0.25) is 0 Å². The Kier molecular flexibility index (Phi) is 7.75. The topological polar surface area (TPSA) is 30.9 Å². The fourth-order valence-electron chi connectivity index (χ4n) is 4.80. The lowest BCUT2D eigenvalue weighted by Gasteiger charge is -2.43. The molecule has 2 rings (SSSR count). The van der Waals surface area contributed by atoms with E-state index < -0.39 is 0 Å². The van der Waals surface area contributed by atoms with E-state index in [0.29, 0.717) is 5.41 Å². The SMILES string of the molecule is COCCN(C)CCC1COC2(CCC(C(C)(C)CC(C)C)CC2)O1. The molecule has 25 heavy (non-hydrogen) atoms. The Bertz CT molecular complexity index is 389. The summed E-state index contributed by atoms with van der Waals surface area (Å²) in [4.78, 5) is 2.31. The van der Waals surface area contributed by atoms with Crippen LogP contribution in [0.5, 0.6) is 0 Å². The van der Waals surface area contributed by atoms with Gasteiger partial charge in [0.05, 0.1) is 19.3 Å².